The zero-order chi connectivity index (χ0) is 20.8. The molecule has 29 heavy (non-hydrogen) atoms. The third kappa shape index (κ3) is 3.17. The number of anilines is 2. The summed E-state index contributed by atoms with van der Waals surface area (Å²) in [6.07, 6.45) is 4.47. The maximum Gasteiger partial charge on any atom is 0.264 e. The van der Waals surface area contributed by atoms with Gasteiger partial charge in [0.1, 0.15) is 11.6 Å². The summed E-state index contributed by atoms with van der Waals surface area (Å²) in [4.78, 5) is 20.0. The van der Waals surface area contributed by atoms with Crippen molar-refractivity contribution in [2.24, 2.45) is 24.1 Å². The average Bonchev–Trinajstić information content (AvgIpc) is 3.00. The Morgan fingerprint density at radius 1 is 1.21 bits per heavy atom. The van der Waals surface area contributed by atoms with Crippen LogP contribution in [0.2, 0.25) is 0 Å². The predicted molar refractivity (Wildman–Crippen MR) is 116 cm³/mol. The van der Waals surface area contributed by atoms with Gasteiger partial charge in [-0.1, -0.05) is 25.1 Å². The van der Waals surface area contributed by atoms with Crippen molar-refractivity contribution >= 4 is 11.8 Å². The molecule has 2 aliphatic rings. The largest absolute Gasteiger partial charge is 0.496 e. The molecule has 156 valence electrons. The van der Waals surface area contributed by atoms with Crippen LogP contribution in [0.3, 0.4) is 0 Å². The van der Waals surface area contributed by atoms with Gasteiger partial charge in [-0.2, -0.15) is 4.98 Å². The molecule has 1 aromatic heterocycles. The summed E-state index contributed by atoms with van der Waals surface area (Å²) in [6.45, 7) is 3.94. The van der Waals surface area contributed by atoms with Crippen LogP contribution in [0.25, 0.3) is 11.1 Å². The molecular weight excluding hydrogens is 366 g/mol. The molecule has 7 nitrogen and oxygen atoms in total. The predicted octanol–water partition coefficient (Wildman–Crippen LogP) is 2.38. The molecular formula is C22H31N5O2. The number of nitrogens with two attached hydrogens (primary N) is 2. The van der Waals surface area contributed by atoms with E-state index in [1.807, 2.05) is 24.3 Å². The number of ether oxygens (including phenoxy) is 1. The summed E-state index contributed by atoms with van der Waals surface area (Å²) in [5, 5.41) is 0. The van der Waals surface area contributed by atoms with Crippen LogP contribution in [0.4, 0.5) is 11.8 Å². The van der Waals surface area contributed by atoms with Crippen LogP contribution in [0.1, 0.15) is 32.6 Å². The number of rotatable bonds is 3. The van der Waals surface area contributed by atoms with E-state index in [0.717, 1.165) is 25.9 Å². The minimum absolute atomic E-state index is 0.163. The maximum absolute atomic E-state index is 13.2. The van der Waals surface area contributed by atoms with E-state index in [9.17, 15) is 4.79 Å². The fourth-order valence-electron chi connectivity index (χ4n) is 5.19. The third-order valence-electron chi connectivity index (χ3n) is 7.13. The summed E-state index contributed by atoms with van der Waals surface area (Å²) >= 11 is 0. The van der Waals surface area contributed by atoms with Crippen LogP contribution >= 0.6 is 0 Å². The highest BCUT2D eigenvalue weighted by Gasteiger charge is 2.46. The number of nitrogen functional groups attached to an aromatic ring is 1. The van der Waals surface area contributed by atoms with Crippen molar-refractivity contribution in [3.05, 3.63) is 34.6 Å². The number of piperidine rings is 1. The standard InChI is InChI=1S/C22H31N5O2/c1-14-8-9-22(18(14)23)10-12-27(13-11-22)21-25-19(24)17(20(28)26(21)2)15-6-4-5-7-16(15)29-3/h4-7,14,18H,8-13,23-24H2,1-3H3/t14-,18-/m1/s1. The third-order valence-corrected chi connectivity index (χ3v) is 7.13. The molecule has 1 aliphatic carbocycles. The van der Waals surface area contributed by atoms with Crippen molar-refractivity contribution < 1.29 is 4.74 Å². The SMILES string of the molecule is COc1ccccc1-c1c(N)nc(N2CCC3(CC[C@@H](C)[C@H]3N)CC2)n(C)c1=O. The minimum atomic E-state index is -0.163. The second-order valence-corrected chi connectivity index (χ2v) is 8.63. The first kappa shape index (κ1) is 19.8. The first-order valence-electron chi connectivity index (χ1n) is 10.4. The molecule has 7 heteroatoms. The van der Waals surface area contributed by atoms with E-state index in [-0.39, 0.29) is 22.8 Å². The van der Waals surface area contributed by atoms with Crippen LogP contribution in [-0.2, 0) is 7.05 Å². The molecule has 1 saturated carbocycles. The Balaban J connectivity index is 1.65. The van der Waals surface area contributed by atoms with E-state index in [4.69, 9.17) is 16.2 Å². The molecule has 2 aromatic rings. The van der Waals surface area contributed by atoms with E-state index >= 15 is 0 Å². The van der Waals surface area contributed by atoms with Crippen LogP contribution < -0.4 is 26.7 Å². The Morgan fingerprint density at radius 2 is 1.90 bits per heavy atom. The Kier molecular flexibility index (Phi) is 5.02. The average molecular weight is 398 g/mol. The van der Waals surface area contributed by atoms with Gasteiger partial charge in [-0.25, -0.2) is 0 Å². The van der Waals surface area contributed by atoms with E-state index < -0.39 is 0 Å². The maximum atomic E-state index is 13.2. The fraction of sp³-hybridized carbons (Fsp3) is 0.545. The monoisotopic (exact) mass is 397 g/mol. The minimum Gasteiger partial charge on any atom is -0.496 e. The van der Waals surface area contributed by atoms with Crippen LogP contribution in [0.15, 0.2) is 29.1 Å². The highest BCUT2D eigenvalue weighted by atomic mass is 16.5. The molecule has 0 bridgehead atoms. The second-order valence-electron chi connectivity index (χ2n) is 8.63. The number of hydrogen-bond acceptors (Lipinski definition) is 6. The molecule has 2 heterocycles. The molecule has 2 fully saturated rings. The number of hydrogen-bond donors (Lipinski definition) is 2. The highest BCUT2D eigenvalue weighted by molar-refractivity contribution is 5.78. The van der Waals surface area contributed by atoms with Crippen LogP contribution in [-0.4, -0.2) is 35.8 Å². The molecule has 1 aromatic carbocycles. The molecule has 2 atom stereocenters. The lowest BCUT2D eigenvalue weighted by atomic mass is 9.73. The molecule has 0 radical (unpaired) electrons. The van der Waals surface area contributed by atoms with Gasteiger partial charge in [0.05, 0.1) is 12.7 Å². The number of nitrogens with zero attached hydrogens (tertiary/aromatic N) is 3. The number of para-hydroxylation sites is 1. The fourth-order valence-corrected chi connectivity index (χ4v) is 5.19. The quantitative estimate of drug-likeness (QED) is 0.825. The van der Waals surface area contributed by atoms with E-state index in [1.165, 1.54) is 12.8 Å². The second kappa shape index (κ2) is 7.37. The van der Waals surface area contributed by atoms with Crippen molar-refractivity contribution in [1.82, 2.24) is 9.55 Å². The molecule has 0 unspecified atom stereocenters. The van der Waals surface area contributed by atoms with Gasteiger partial charge in [0.25, 0.3) is 5.56 Å². The van der Waals surface area contributed by atoms with E-state index in [2.05, 4.69) is 16.8 Å². The van der Waals surface area contributed by atoms with Crippen LogP contribution in [0, 0.1) is 11.3 Å². The zero-order valence-electron chi connectivity index (χ0n) is 17.5. The first-order valence-corrected chi connectivity index (χ1v) is 10.4. The summed E-state index contributed by atoms with van der Waals surface area (Å²) < 4.78 is 7.02. The molecule has 1 saturated heterocycles. The first-order chi connectivity index (χ1) is 13.9. The van der Waals surface area contributed by atoms with Crippen molar-refractivity contribution in [3.8, 4) is 16.9 Å². The number of aromatic nitrogens is 2. The Hall–Kier alpha value is -2.54. The number of benzene rings is 1. The van der Waals surface area contributed by atoms with E-state index in [0.29, 0.717) is 28.7 Å². The van der Waals surface area contributed by atoms with Gasteiger partial charge < -0.3 is 21.1 Å². The molecule has 0 amide bonds. The van der Waals surface area contributed by atoms with Gasteiger partial charge in [-0.15, -0.1) is 0 Å². The van der Waals surface area contributed by atoms with Gasteiger partial charge in [0.2, 0.25) is 5.95 Å². The smallest absolute Gasteiger partial charge is 0.264 e. The zero-order valence-corrected chi connectivity index (χ0v) is 17.5. The lowest BCUT2D eigenvalue weighted by Crippen LogP contribution is -2.49. The van der Waals surface area contributed by atoms with E-state index in [1.54, 1.807) is 18.7 Å². The van der Waals surface area contributed by atoms with Gasteiger partial charge in [0.15, 0.2) is 0 Å². The lowest BCUT2D eigenvalue weighted by molar-refractivity contribution is 0.185. The highest BCUT2D eigenvalue weighted by Crippen LogP contribution is 2.48. The van der Waals surface area contributed by atoms with Gasteiger partial charge in [-0.05, 0) is 43.1 Å². The summed E-state index contributed by atoms with van der Waals surface area (Å²) in [7, 11) is 3.34. The number of methoxy groups -OCH3 is 1. The molecule has 1 aliphatic heterocycles. The summed E-state index contributed by atoms with van der Waals surface area (Å²) in [6, 6.07) is 7.64. The van der Waals surface area contributed by atoms with Gasteiger partial charge in [-0.3, -0.25) is 9.36 Å². The Bertz CT molecular complexity index is 962. The Labute approximate surface area is 171 Å². The summed E-state index contributed by atoms with van der Waals surface area (Å²) in [5.41, 5.74) is 13.9. The van der Waals surface area contributed by atoms with Crippen molar-refractivity contribution in [2.45, 2.75) is 38.6 Å². The van der Waals surface area contributed by atoms with Crippen molar-refractivity contribution in [2.75, 3.05) is 30.8 Å². The normalized spacial score (nSPS) is 23.5. The summed E-state index contributed by atoms with van der Waals surface area (Å²) in [5.74, 6) is 2.05. The molecule has 4 rings (SSSR count). The van der Waals surface area contributed by atoms with Gasteiger partial charge in [0, 0.05) is 31.7 Å². The molecule has 1 spiro atoms. The van der Waals surface area contributed by atoms with Crippen LogP contribution in [0.5, 0.6) is 5.75 Å². The topological polar surface area (TPSA) is 99.4 Å². The lowest BCUT2D eigenvalue weighted by Gasteiger charge is -2.43. The Morgan fingerprint density at radius 3 is 2.52 bits per heavy atom. The molecule has 4 N–H and O–H groups in total. The van der Waals surface area contributed by atoms with Crippen molar-refractivity contribution in [1.29, 1.82) is 0 Å². The van der Waals surface area contributed by atoms with Gasteiger partial charge >= 0.3 is 0 Å². The van der Waals surface area contributed by atoms with Crippen molar-refractivity contribution in [3.63, 3.8) is 0 Å².